The van der Waals surface area contributed by atoms with Crippen molar-refractivity contribution in [1.29, 1.82) is 0 Å². The average molecular weight is 294 g/mol. The standard InChI is InChI=1S/C12H14N4O3S/c1-8(4-9-2-3-20-7-9)13-12(19)10-5-16(15-14-10)6-11(17)18/h2-3,5,7-8H,4,6H2,1H3,(H,13,19)(H,17,18). The van der Waals surface area contributed by atoms with Crippen molar-refractivity contribution in [3.8, 4) is 0 Å². The van der Waals surface area contributed by atoms with E-state index in [1.165, 1.54) is 6.20 Å². The van der Waals surface area contributed by atoms with Crippen LogP contribution in [0.2, 0.25) is 0 Å². The van der Waals surface area contributed by atoms with Crippen LogP contribution in [0, 0.1) is 0 Å². The van der Waals surface area contributed by atoms with Gasteiger partial charge in [-0.1, -0.05) is 5.21 Å². The van der Waals surface area contributed by atoms with Crippen molar-refractivity contribution >= 4 is 23.2 Å². The van der Waals surface area contributed by atoms with Crippen molar-refractivity contribution < 1.29 is 14.7 Å². The van der Waals surface area contributed by atoms with Gasteiger partial charge in [0.1, 0.15) is 6.54 Å². The number of aromatic nitrogens is 3. The number of carbonyl (C=O) groups excluding carboxylic acids is 1. The normalized spacial score (nSPS) is 12.1. The van der Waals surface area contributed by atoms with E-state index in [0.29, 0.717) is 0 Å². The van der Waals surface area contributed by atoms with E-state index < -0.39 is 5.97 Å². The number of nitrogens with zero attached hydrogens (tertiary/aromatic N) is 3. The number of amides is 1. The van der Waals surface area contributed by atoms with Gasteiger partial charge in [0.05, 0.1) is 6.20 Å². The minimum Gasteiger partial charge on any atom is -0.480 e. The Hall–Kier alpha value is -2.22. The van der Waals surface area contributed by atoms with Crippen molar-refractivity contribution in [3.63, 3.8) is 0 Å². The Bertz CT molecular complexity index is 594. The average Bonchev–Trinajstić information content (AvgIpc) is 2.99. The molecule has 0 radical (unpaired) electrons. The van der Waals surface area contributed by atoms with E-state index in [1.54, 1.807) is 11.3 Å². The van der Waals surface area contributed by atoms with E-state index in [2.05, 4.69) is 15.6 Å². The maximum atomic E-state index is 11.9. The van der Waals surface area contributed by atoms with Crippen LogP contribution < -0.4 is 5.32 Å². The molecule has 0 bridgehead atoms. The zero-order valence-corrected chi connectivity index (χ0v) is 11.6. The highest BCUT2D eigenvalue weighted by Gasteiger charge is 2.14. The summed E-state index contributed by atoms with van der Waals surface area (Å²) in [4.78, 5) is 22.4. The summed E-state index contributed by atoms with van der Waals surface area (Å²) in [5.41, 5.74) is 1.28. The smallest absolute Gasteiger partial charge is 0.325 e. The number of hydrogen-bond donors (Lipinski definition) is 2. The molecule has 2 heterocycles. The quantitative estimate of drug-likeness (QED) is 0.820. The molecule has 20 heavy (non-hydrogen) atoms. The van der Waals surface area contributed by atoms with Gasteiger partial charge in [0.25, 0.3) is 5.91 Å². The summed E-state index contributed by atoms with van der Waals surface area (Å²) in [6.45, 7) is 1.59. The van der Waals surface area contributed by atoms with Gasteiger partial charge in [-0.05, 0) is 35.7 Å². The summed E-state index contributed by atoms with van der Waals surface area (Å²) in [5.74, 6) is -1.39. The molecule has 0 aliphatic carbocycles. The Kier molecular flexibility index (Phi) is 4.46. The molecule has 1 unspecified atom stereocenters. The first kappa shape index (κ1) is 14.2. The molecule has 1 atom stereocenters. The van der Waals surface area contributed by atoms with E-state index >= 15 is 0 Å². The van der Waals surface area contributed by atoms with Gasteiger partial charge in [-0.2, -0.15) is 11.3 Å². The lowest BCUT2D eigenvalue weighted by atomic mass is 10.1. The fraction of sp³-hybridized carbons (Fsp3) is 0.333. The molecule has 2 rings (SSSR count). The van der Waals surface area contributed by atoms with Crippen LogP contribution in [-0.4, -0.2) is 38.0 Å². The minimum absolute atomic E-state index is 0.0401. The van der Waals surface area contributed by atoms with Gasteiger partial charge in [-0.15, -0.1) is 5.10 Å². The molecule has 0 fully saturated rings. The van der Waals surface area contributed by atoms with Gasteiger partial charge in [0, 0.05) is 6.04 Å². The molecule has 0 aliphatic heterocycles. The second-order valence-corrected chi connectivity index (χ2v) is 5.19. The lowest BCUT2D eigenvalue weighted by molar-refractivity contribution is -0.137. The summed E-state index contributed by atoms with van der Waals surface area (Å²) < 4.78 is 1.11. The first-order valence-corrected chi connectivity index (χ1v) is 6.92. The van der Waals surface area contributed by atoms with E-state index in [1.807, 2.05) is 23.8 Å². The first-order valence-electron chi connectivity index (χ1n) is 5.98. The molecule has 1 amide bonds. The fourth-order valence-corrected chi connectivity index (χ4v) is 2.41. The summed E-state index contributed by atoms with van der Waals surface area (Å²) in [5, 5.41) is 22.7. The molecule has 0 aromatic carbocycles. The summed E-state index contributed by atoms with van der Waals surface area (Å²) in [7, 11) is 0. The largest absolute Gasteiger partial charge is 0.480 e. The Morgan fingerprint density at radius 1 is 1.55 bits per heavy atom. The van der Waals surface area contributed by atoms with E-state index in [-0.39, 0.29) is 24.2 Å². The lowest BCUT2D eigenvalue weighted by Gasteiger charge is -2.11. The SMILES string of the molecule is CC(Cc1ccsc1)NC(=O)c1cn(CC(=O)O)nn1. The van der Waals surface area contributed by atoms with E-state index in [4.69, 9.17) is 5.11 Å². The predicted octanol–water partition coefficient (Wildman–Crippen LogP) is 0.785. The number of rotatable bonds is 6. The van der Waals surface area contributed by atoms with Crippen LogP contribution >= 0.6 is 11.3 Å². The van der Waals surface area contributed by atoms with Crippen molar-refractivity contribution in [2.45, 2.75) is 25.9 Å². The maximum absolute atomic E-state index is 11.9. The van der Waals surface area contributed by atoms with Crippen LogP contribution in [0.25, 0.3) is 0 Å². The van der Waals surface area contributed by atoms with Gasteiger partial charge in [-0.25, -0.2) is 4.68 Å². The second kappa shape index (κ2) is 6.29. The minimum atomic E-state index is -1.03. The Labute approximate surface area is 119 Å². The van der Waals surface area contributed by atoms with Crippen LogP contribution in [0.3, 0.4) is 0 Å². The maximum Gasteiger partial charge on any atom is 0.325 e. The molecular weight excluding hydrogens is 280 g/mol. The van der Waals surface area contributed by atoms with Crippen molar-refractivity contribution in [2.75, 3.05) is 0 Å². The monoisotopic (exact) mass is 294 g/mol. The van der Waals surface area contributed by atoms with E-state index in [9.17, 15) is 9.59 Å². The van der Waals surface area contributed by atoms with Crippen LogP contribution in [0.5, 0.6) is 0 Å². The van der Waals surface area contributed by atoms with Crippen LogP contribution in [0.4, 0.5) is 0 Å². The van der Waals surface area contributed by atoms with Crippen LogP contribution in [-0.2, 0) is 17.8 Å². The molecule has 106 valence electrons. The second-order valence-electron chi connectivity index (χ2n) is 4.41. The van der Waals surface area contributed by atoms with Crippen LogP contribution in [0.15, 0.2) is 23.0 Å². The van der Waals surface area contributed by atoms with Crippen LogP contribution in [0.1, 0.15) is 23.0 Å². The number of thiophene rings is 1. The number of carboxylic acids is 1. The molecule has 2 N–H and O–H groups in total. The summed E-state index contributed by atoms with van der Waals surface area (Å²) in [6.07, 6.45) is 2.05. The number of aliphatic carboxylic acids is 1. The number of nitrogens with one attached hydrogen (secondary N) is 1. The van der Waals surface area contributed by atoms with Gasteiger partial charge in [0.15, 0.2) is 5.69 Å². The van der Waals surface area contributed by atoms with Crippen molar-refractivity contribution in [3.05, 3.63) is 34.3 Å². The van der Waals surface area contributed by atoms with Gasteiger partial charge in [-0.3, -0.25) is 9.59 Å². The molecule has 0 saturated heterocycles. The molecule has 7 nitrogen and oxygen atoms in total. The molecule has 2 aromatic heterocycles. The fourth-order valence-electron chi connectivity index (χ4n) is 1.73. The van der Waals surface area contributed by atoms with Gasteiger partial charge in [0.2, 0.25) is 0 Å². The Morgan fingerprint density at radius 3 is 3.00 bits per heavy atom. The highest BCUT2D eigenvalue weighted by molar-refractivity contribution is 7.07. The Morgan fingerprint density at radius 2 is 2.35 bits per heavy atom. The third-order valence-corrected chi connectivity index (χ3v) is 3.30. The molecule has 0 spiro atoms. The number of hydrogen-bond acceptors (Lipinski definition) is 5. The zero-order valence-electron chi connectivity index (χ0n) is 10.8. The van der Waals surface area contributed by atoms with E-state index in [0.717, 1.165) is 16.7 Å². The van der Waals surface area contributed by atoms with Gasteiger partial charge >= 0.3 is 5.97 Å². The highest BCUT2D eigenvalue weighted by atomic mass is 32.1. The molecule has 0 saturated carbocycles. The topological polar surface area (TPSA) is 97.1 Å². The molecule has 2 aromatic rings. The molecular formula is C12H14N4O3S. The third-order valence-electron chi connectivity index (χ3n) is 2.57. The zero-order chi connectivity index (χ0) is 14.5. The number of carboxylic acid groups (broad SMARTS) is 1. The number of carbonyl (C=O) groups is 2. The highest BCUT2D eigenvalue weighted by Crippen LogP contribution is 2.08. The van der Waals surface area contributed by atoms with Gasteiger partial charge < -0.3 is 10.4 Å². The predicted molar refractivity (Wildman–Crippen MR) is 72.6 cm³/mol. The molecule has 0 aliphatic rings. The van der Waals surface area contributed by atoms with Crippen molar-refractivity contribution in [2.24, 2.45) is 0 Å². The Balaban J connectivity index is 1.90. The lowest BCUT2D eigenvalue weighted by Crippen LogP contribution is -2.34. The first-order chi connectivity index (χ1) is 9.54. The third kappa shape index (κ3) is 3.89. The van der Waals surface area contributed by atoms with Crippen molar-refractivity contribution in [1.82, 2.24) is 20.3 Å². The molecule has 8 heteroatoms. The summed E-state index contributed by atoms with van der Waals surface area (Å²) in [6, 6.07) is 1.97. The summed E-state index contributed by atoms with van der Waals surface area (Å²) >= 11 is 1.61.